The lowest BCUT2D eigenvalue weighted by Crippen LogP contribution is -2.40. The summed E-state index contributed by atoms with van der Waals surface area (Å²) in [5, 5.41) is 11.2. The molecule has 0 heterocycles. The van der Waals surface area contributed by atoms with Crippen molar-refractivity contribution in [1.29, 1.82) is 0 Å². The molecular formula is C13H15ClFNO4. The fraction of sp³-hybridized carbons (Fsp3) is 0.385. The van der Waals surface area contributed by atoms with E-state index in [-0.39, 0.29) is 23.9 Å². The van der Waals surface area contributed by atoms with E-state index in [9.17, 15) is 14.0 Å². The Hall–Kier alpha value is -1.82. The molecule has 0 aliphatic carbocycles. The van der Waals surface area contributed by atoms with Gasteiger partial charge >= 0.3 is 5.97 Å². The number of ether oxygens (including phenoxy) is 1. The van der Waals surface area contributed by atoms with Gasteiger partial charge in [-0.15, -0.1) is 0 Å². The van der Waals surface area contributed by atoms with Gasteiger partial charge in [-0.2, -0.15) is 0 Å². The van der Waals surface area contributed by atoms with Gasteiger partial charge in [0.25, 0.3) is 5.91 Å². The van der Waals surface area contributed by atoms with Crippen LogP contribution in [0.25, 0.3) is 0 Å². The fourth-order valence-corrected chi connectivity index (χ4v) is 1.33. The predicted molar refractivity (Wildman–Crippen MR) is 71.3 cm³/mol. The molecule has 1 aromatic carbocycles. The molecule has 0 bridgehead atoms. The molecule has 0 fully saturated rings. The molecule has 0 atom stereocenters. The van der Waals surface area contributed by atoms with Crippen molar-refractivity contribution in [2.45, 2.75) is 13.8 Å². The number of carbonyl (C=O) groups excluding carboxylic acids is 1. The first kappa shape index (κ1) is 16.2. The minimum Gasteiger partial charge on any atom is -0.484 e. The van der Waals surface area contributed by atoms with Crippen LogP contribution in [0.4, 0.5) is 4.39 Å². The van der Waals surface area contributed by atoms with E-state index in [4.69, 9.17) is 21.4 Å². The Kier molecular flexibility index (Phi) is 5.33. The average Bonchev–Trinajstić information content (AvgIpc) is 2.37. The van der Waals surface area contributed by atoms with Crippen LogP contribution in [-0.2, 0) is 9.59 Å². The Morgan fingerprint density at radius 1 is 1.45 bits per heavy atom. The highest BCUT2D eigenvalue weighted by molar-refractivity contribution is 6.30. The van der Waals surface area contributed by atoms with Crippen LogP contribution < -0.4 is 10.1 Å². The highest BCUT2D eigenvalue weighted by atomic mass is 35.5. The molecule has 2 N–H and O–H groups in total. The molecule has 0 unspecified atom stereocenters. The maximum atomic E-state index is 12.9. The van der Waals surface area contributed by atoms with Crippen molar-refractivity contribution in [3.63, 3.8) is 0 Å². The fourth-order valence-electron chi connectivity index (χ4n) is 1.16. The zero-order valence-electron chi connectivity index (χ0n) is 11.1. The number of hydrogen-bond donors (Lipinski definition) is 2. The summed E-state index contributed by atoms with van der Waals surface area (Å²) in [5.74, 6) is -1.81. The van der Waals surface area contributed by atoms with E-state index in [1.54, 1.807) is 0 Å². The maximum Gasteiger partial charge on any atom is 0.310 e. The van der Waals surface area contributed by atoms with E-state index in [1.807, 2.05) is 0 Å². The third-order valence-electron chi connectivity index (χ3n) is 2.57. The monoisotopic (exact) mass is 303 g/mol. The Bertz CT molecular complexity index is 519. The molecule has 0 saturated carbocycles. The summed E-state index contributed by atoms with van der Waals surface area (Å²) >= 11 is 5.56. The highest BCUT2D eigenvalue weighted by Crippen LogP contribution is 2.21. The zero-order valence-corrected chi connectivity index (χ0v) is 11.8. The standard InChI is InChI=1S/C13H15ClFNO4/c1-13(2,12(18)19)7-16-11(17)6-20-8-3-4-10(15)9(14)5-8/h3-5H,6-7H2,1-2H3,(H,16,17)(H,18,19). The minimum atomic E-state index is -1.06. The van der Waals surface area contributed by atoms with Crippen molar-refractivity contribution in [3.8, 4) is 5.75 Å². The van der Waals surface area contributed by atoms with Crippen LogP contribution in [0.5, 0.6) is 5.75 Å². The number of nitrogens with one attached hydrogen (secondary N) is 1. The molecule has 0 aliphatic heterocycles. The second-order valence-electron chi connectivity index (χ2n) is 4.83. The van der Waals surface area contributed by atoms with Crippen molar-refractivity contribution >= 4 is 23.5 Å². The van der Waals surface area contributed by atoms with Crippen molar-refractivity contribution < 1.29 is 23.8 Å². The smallest absolute Gasteiger partial charge is 0.310 e. The van der Waals surface area contributed by atoms with Gasteiger partial charge in [0.1, 0.15) is 11.6 Å². The molecule has 0 aromatic heterocycles. The summed E-state index contributed by atoms with van der Waals surface area (Å²) in [4.78, 5) is 22.4. The lowest BCUT2D eigenvalue weighted by Gasteiger charge is -2.19. The van der Waals surface area contributed by atoms with E-state index in [2.05, 4.69) is 5.32 Å². The number of amides is 1. The number of carboxylic acid groups (broad SMARTS) is 1. The van der Waals surface area contributed by atoms with E-state index >= 15 is 0 Å². The van der Waals surface area contributed by atoms with Gasteiger partial charge in [0, 0.05) is 12.6 Å². The first-order chi connectivity index (χ1) is 9.22. The quantitative estimate of drug-likeness (QED) is 0.843. The van der Waals surface area contributed by atoms with Crippen LogP contribution in [0.2, 0.25) is 5.02 Å². The van der Waals surface area contributed by atoms with Gasteiger partial charge in [-0.05, 0) is 26.0 Å². The van der Waals surface area contributed by atoms with Crippen LogP contribution in [0.15, 0.2) is 18.2 Å². The van der Waals surface area contributed by atoms with Crippen molar-refractivity contribution in [3.05, 3.63) is 29.0 Å². The first-order valence-corrected chi connectivity index (χ1v) is 6.18. The average molecular weight is 304 g/mol. The molecule has 1 rings (SSSR count). The number of aliphatic carboxylic acids is 1. The Balaban J connectivity index is 2.44. The summed E-state index contributed by atoms with van der Waals surface area (Å²) in [6.07, 6.45) is 0. The maximum absolute atomic E-state index is 12.9. The minimum absolute atomic E-state index is 0.0191. The zero-order chi connectivity index (χ0) is 15.3. The highest BCUT2D eigenvalue weighted by Gasteiger charge is 2.27. The largest absolute Gasteiger partial charge is 0.484 e. The van der Waals surface area contributed by atoms with Gasteiger partial charge in [-0.25, -0.2) is 4.39 Å². The van der Waals surface area contributed by atoms with Crippen molar-refractivity contribution in [2.75, 3.05) is 13.2 Å². The van der Waals surface area contributed by atoms with Crippen molar-refractivity contribution in [2.24, 2.45) is 5.41 Å². The number of carboxylic acids is 1. The number of benzene rings is 1. The van der Waals surface area contributed by atoms with Crippen LogP contribution in [0.1, 0.15) is 13.8 Å². The molecule has 20 heavy (non-hydrogen) atoms. The number of hydrogen-bond acceptors (Lipinski definition) is 3. The third kappa shape index (κ3) is 4.70. The van der Waals surface area contributed by atoms with Gasteiger partial charge in [0.05, 0.1) is 10.4 Å². The Morgan fingerprint density at radius 2 is 2.10 bits per heavy atom. The summed E-state index contributed by atoms with van der Waals surface area (Å²) in [6.45, 7) is 2.67. The van der Waals surface area contributed by atoms with Crippen molar-refractivity contribution in [1.82, 2.24) is 5.32 Å². The predicted octanol–water partition coefficient (Wildman–Crippen LogP) is 2.08. The van der Waals surface area contributed by atoms with Gasteiger partial charge in [0.2, 0.25) is 0 Å². The second kappa shape index (κ2) is 6.56. The van der Waals surface area contributed by atoms with Gasteiger partial charge in [-0.3, -0.25) is 9.59 Å². The topological polar surface area (TPSA) is 75.6 Å². The molecule has 110 valence electrons. The molecule has 0 radical (unpaired) electrons. The molecule has 0 spiro atoms. The Labute approximate surface area is 120 Å². The first-order valence-electron chi connectivity index (χ1n) is 5.80. The van der Waals surface area contributed by atoms with Crippen LogP contribution in [0, 0.1) is 11.2 Å². The van der Waals surface area contributed by atoms with Gasteiger partial charge in [0.15, 0.2) is 6.61 Å². The molecular weight excluding hydrogens is 289 g/mol. The molecule has 0 saturated heterocycles. The van der Waals surface area contributed by atoms with E-state index in [0.29, 0.717) is 0 Å². The molecule has 5 nitrogen and oxygen atoms in total. The Morgan fingerprint density at radius 3 is 2.65 bits per heavy atom. The van der Waals surface area contributed by atoms with E-state index in [1.165, 1.54) is 26.0 Å². The van der Waals surface area contributed by atoms with E-state index in [0.717, 1.165) is 6.07 Å². The molecule has 7 heteroatoms. The number of carbonyl (C=O) groups is 2. The normalized spacial score (nSPS) is 11.0. The lowest BCUT2D eigenvalue weighted by atomic mass is 9.94. The summed E-state index contributed by atoms with van der Waals surface area (Å²) in [6, 6.07) is 3.73. The summed E-state index contributed by atoms with van der Waals surface area (Å²) < 4.78 is 18.0. The van der Waals surface area contributed by atoms with Crippen LogP contribution >= 0.6 is 11.6 Å². The van der Waals surface area contributed by atoms with Crippen LogP contribution in [0.3, 0.4) is 0 Å². The van der Waals surface area contributed by atoms with Gasteiger partial charge in [-0.1, -0.05) is 11.6 Å². The van der Waals surface area contributed by atoms with Crippen LogP contribution in [-0.4, -0.2) is 30.1 Å². The number of rotatable bonds is 6. The SMILES string of the molecule is CC(C)(CNC(=O)COc1ccc(F)c(Cl)c1)C(=O)O. The second-order valence-corrected chi connectivity index (χ2v) is 5.24. The van der Waals surface area contributed by atoms with Gasteiger partial charge < -0.3 is 15.2 Å². The molecule has 1 amide bonds. The van der Waals surface area contributed by atoms with E-state index < -0.39 is 23.1 Å². The summed E-state index contributed by atoms with van der Waals surface area (Å²) in [7, 11) is 0. The lowest BCUT2D eigenvalue weighted by molar-refractivity contribution is -0.146. The number of halogens is 2. The summed E-state index contributed by atoms with van der Waals surface area (Å²) in [5.41, 5.74) is -1.06. The molecule has 0 aliphatic rings. The third-order valence-corrected chi connectivity index (χ3v) is 2.86. The molecule has 1 aromatic rings.